The SMILES string of the molecule is COC(=O)c1cn(C(=O)CN(c2ccccc2)S(=O)(=O)c2ccc(C)cc2)c2ccccc12. The van der Waals surface area contributed by atoms with Gasteiger partial charge in [-0.2, -0.15) is 0 Å². The lowest BCUT2D eigenvalue weighted by atomic mass is 10.2. The average Bonchev–Trinajstić information content (AvgIpc) is 3.22. The molecule has 0 aliphatic carbocycles. The van der Waals surface area contributed by atoms with Crippen molar-refractivity contribution in [2.24, 2.45) is 0 Å². The minimum absolute atomic E-state index is 0.0809. The number of hydrogen-bond donors (Lipinski definition) is 0. The number of carbonyl (C=O) groups excluding carboxylic acids is 2. The van der Waals surface area contributed by atoms with E-state index < -0.39 is 28.4 Å². The molecule has 168 valence electrons. The number of esters is 1. The minimum Gasteiger partial charge on any atom is -0.465 e. The van der Waals surface area contributed by atoms with Gasteiger partial charge in [0.05, 0.1) is 28.8 Å². The molecule has 8 heteroatoms. The van der Waals surface area contributed by atoms with Crippen LogP contribution in [0.15, 0.2) is 90.0 Å². The third kappa shape index (κ3) is 4.25. The van der Waals surface area contributed by atoms with Crippen LogP contribution in [0.4, 0.5) is 5.69 Å². The Labute approximate surface area is 191 Å². The first-order valence-electron chi connectivity index (χ1n) is 10.2. The maximum Gasteiger partial charge on any atom is 0.340 e. The fraction of sp³-hybridized carbons (Fsp3) is 0.120. The van der Waals surface area contributed by atoms with E-state index in [9.17, 15) is 18.0 Å². The van der Waals surface area contributed by atoms with Crippen LogP contribution < -0.4 is 4.31 Å². The highest BCUT2D eigenvalue weighted by Crippen LogP contribution is 2.26. The van der Waals surface area contributed by atoms with E-state index in [0.717, 1.165) is 9.87 Å². The van der Waals surface area contributed by atoms with Gasteiger partial charge in [-0.05, 0) is 37.3 Å². The van der Waals surface area contributed by atoms with Crippen LogP contribution in [0.5, 0.6) is 0 Å². The first-order chi connectivity index (χ1) is 15.8. The average molecular weight is 463 g/mol. The van der Waals surface area contributed by atoms with Crippen LogP contribution in [0.2, 0.25) is 0 Å². The molecule has 0 aliphatic heterocycles. The number of anilines is 1. The molecule has 7 nitrogen and oxygen atoms in total. The second-order valence-corrected chi connectivity index (χ2v) is 9.34. The normalized spacial score (nSPS) is 11.3. The van der Waals surface area contributed by atoms with Crippen molar-refractivity contribution >= 4 is 38.5 Å². The van der Waals surface area contributed by atoms with Gasteiger partial charge in [-0.15, -0.1) is 0 Å². The zero-order valence-electron chi connectivity index (χ0n) is 18.1. The molecule has 1 heterocycles. The lowest BCUT2D eigenvalue weighted by Crippen LogP contribution is -2.37. The molecule has 0 aliphatic rings. The number of carbonyl (C=O) groups is 2. The fourth-order valence-corrected chi connectivity index (χ4v) is 5.02. The number of hydrogen-bond acceptors (Lipinski definition) is 5. The Kier molecular flexibility index (Phi) is 6.02. The highest BCUT2D eigenvalue weighted by atomic mass is 32.2. The Morgan fingerprint density at radius 1 is 0.909 bits per heavy atom. The Morgan fingerprint density at radius 3 is 2.21 bits per heavy atom. The molecule has 0 atom stereocenters. The monoisotopic (exact) mass is 462 g/mol. The van der Waals surface area contributed by atoms with Gasteiger partial charge in [0, 0.05) is 11.6 Å². The van der Waals surface area contributed by atoms with Crippen LogP contribution in [-0.2, 0) is 14.8 Å². The molecule has 0 fully saturated rings. The molecular weight excluding hydrogens is 440 g/mol. The summed E-state index contributed by atoms with van der Waals surface area (Å²) in [6.07, 6.45) is 1.39. The van der Waals surface area contributed by atoms with Gasteiger partial charge in [0.1, 0.15) is 6.54 Å². The van der Waals surface area contributed by atoms with Gasteiger partial charge >= 0.3 is 5.97 Å². The van der Waals surface area contributed by atoms with E-state index in [-0.39, 0.29) is 10.5 Å². The maximum atomic E-state index is 13.5. The largest absolute Gasteiger partial charge is 0.465 e. The topological polar surface area (TPSA) is 85.7 Å². The third-order valence-corrected chi connectivity index (χ3v) is 7.11. The molecule has 4 rings (SSSR count). The third-order valence-electron chi connectivity index (χ3n) is 5.32. The summed E-state index contributed by atoms with van der Waals surface area (Å²) < 4.78 is 34.3. The summed E-state index contributed by atoms with van der Waals surface area (Å²) in [6.45, 7) is 1.41. The molecule has 0 amide bonds. The number of sulfonamides is 1. The van der Waals surface area contributed by atoms with Crippen molar-refractivity contribution in [2.45, 2.75) is 11.8 Å². The van der Waals surface area contributed by atoms with Crippen molar-refractivity contribution in [2.75, 3.05) is 18.0 Å². The molecule has 3 aromatic carbocycles. The first-order valence-corrected chi connectivity index (χ1v) is 11.6. The molecule has 0 spiro atoms. The van der Waals surface area contributed by atoms with E-state index >= 15 is 0 Å². The summed E-state index contributed by atoms with van der Waals surface area (Å²) in [7, 11) is -2.77. The summed E-state index contributed by atoms with van der Waals surface area (Å²) in [6, 6.07) is 21.8. The number of para-hydroxylation sites is 2. The molecule has 4 aromatic rings. The van der Waals surface area contributed by atoms with Crippen LogP contribution in [0.3, 0.4) is 0 Å². The Bertz CT molecular complexity index is 1420. The number of aromatic nitrogens is 1. The summed E-state index contributed by atoms with van der Waals surface area (Å²) in [5.41, 5.74) is 2.00. The van der Waals surface area contributed by atoms with Crippen molar-refractivity contribution in [3.05, 3.63) is 96.2 Å². The number of nitrogens with zero attached hydrogens (tertiary/aromatic N) is 2. The predicted octanol–water partition coefficient (Wildman–Crippen LogP) is 4.27. The standard InChI is InChI=1S/C25H22N2O5S/c1-18-12-14-20(15-13-18)33(30,31)27(19-8-4-3-5-9-19)17-24(28)26-16-22(25(29)32-2)21-10-6-7-11-23(21)26/h3-16H,17H2,1-2H3. The molecule has 0 unspecified atom stereocenters. The van der Waals surface area contributed by atoms with Crippen molar-refractivity contribution in [3.63, 3.8) is 0 Å². The maximum absolute atomic E-state index is 13.5. The number of ether oxygens (including phenoxy) is 1. The van der Waals surface area contributed by atoms with Crippen molar-refractivity contribution < 1.29 is 22.7 Å². The number of aryl methyl sites for hydroxylation is 1. The summed E-state index contributed by atoms with van der Waals surface area (Å²) >= 11 is 0. The Balaban J connectivity index is 1.79. The Hall–Kier alpha value is -3.91. The van der Waals surface area contributed by atoms with E-state index in [4.69, 9.17) is 4.74 Å². The van der Waals surface area contributed by atoms with E-state index in [1.54, 1.807) is 66.7 Å². The highest BCUT2D eigenvalue weighted by Gasteiger charge is 2.28. The van der Waals surface area contributed by atoms with E-state index in [2.05, 4.69) is 0 Å². The van der Waals surface area contributed by atoms with Crippen LogP contribution >= 0.6 is 0 Å². The quantitative estimate of drug-likeness (QED) is 0.400. The van der Waals surface area contributed by atoms with Crippen molar-refractivity contribution in [3.8, 4) is 0 Å². The molecule has 0 N–H and O–H groups in total. The number of methoxy groups -OCH3 is 1. The van der Waals surface area contributed by atoms with Gasteiger partial charge in [0.15, 0.2) is 0 Å². The van der Waals surface area contributed by atoms with Crippen LogP contribution in [0.1, 0.15) is 20.7 Å². The summed E-state index contributed by atoms with van der Waals surface area (Å²) in [5, 5.41) is 0.547. The van der Waals surface area contributed by atoms with E-state index in [1.807, 2.05) is 6.92 Å². The van der Waals surface area contributed by atoms with Crippen LogP contribution in [0.25, 0.3) is 10.9 Å². The predicted molar refractivity (Wildman–Crippen MR) is 126 cm³/mol. The molecular formula is C25H22N2O5S. The zero-order valence-corrected chi connectivity index (χ0v) is 19.0. The lowest BCUT2D eigenvalue weighted by molar-refractivity contribution is 0.0603. The summed E-state index contributed by atoms with van der Waals surface area (Å²) in [4.78, 5) is 25.7. The van der Waals surface area contributed by atoms with Crippen LogP contribution in [-0.4, -0.2) is 38.5 Å². The number of fused-ring (bicyclic) bond motifs is 1. The van der Waals surface area contributed by atoms with E-state index in [1.165, 1.54) is 30.0 Å². The summed E-state index contributed by atoms with van der Waals surface area (Å²) in [5.74, 6) is -1.09. The molecule has 1 aromatic heterocycles. The Morgan fingerprint density at radius 2 is 1.55 bits per heavy atom. The lowest BCUT2D eigenvalue weighted by Gasteiger charge is -2.24. The smallest absolute Gasteiger partial charge is 0.340 e. The highest BCUT2D eigenvalue weighted by molar-refractivity contribution is 7.92. The first kappa shape index (κ1) is 22.3. The van der Waals surface area contributed by atoms with E-state index in [0.29, 0.717) is 16.6 Å². The molecule has 0 saturated heterocycles. The second-order valence-electron chi connectivity index (χ2n) is 7.48. The molecule has 33 heavy (non-hydrogen) atoms. The van der Waals surface area contributed by atoms with Gasteiger partial charge in [-0.3, -0.25) is 13.7 Å². The number of rotatable bonds is 6. The van der Waals surface area contributed by atoms with Gasteiger partial charge < -0.3 is 4.74 Å². The molecule has 0 bridgehead atoms. The zero-order chi connectivity index (χ0) is 23.6. The van der Waals surface area contributed by atoms with Gasteiger partial charge in [-0.1, -0.05) is 54.1 Å². The van der Waals surface area contributed by atoms with Crippen molar-refractivity contribution in [1.82, 2.24) is 4.57 Å². The van der Waals surface area contributed by atoms with Gasteiger partial charge in [0.2, 0.25) is 0 Å². The van der Waals surface area contributed by atoms with Crippen molar-refractivity contribution in [1.29, 1.82) is 0 Å². The second kappa shape index (κ2) is 8.91. The van der Waals surface area contributed by atoms with Gasteiger partial charge in [0.25, 0.3) is 15.9 Å². The molecule has 0 radical (unpaired) electrons. The fourth-order valence-electron chi connectivity index (χ4n) is 3.60. The van der Waals surface area contributed by atoms with Crippen LogP contribution in [0, 0.1) is 6.92 Å². The number of benzene rings is 3. The van der Waals surface area contributed by atoms with Gasteiger partial charge in [-0.25, -0.2) is 13.2 Å². The minimum atomic E-state index is -4.03. The molecule has 0 saturated carbocycles.